The molecule has 0 saturated carbocycles. The van der Waals surface area contributed by atoms with E-state index in [-0.39, 0.29) is 37.6 Å². The van der Waals surface area contributed by atoms with Gasteiger partial charge in [-0.25, -0.2) is 0 Å². The maximum absolute atomic E-state index is 12.9. The summed E-state index contributed by atoms with van der Waals surface area (Å²) in [5.74, 6) is -1.58. The number of likely N-dealkylation sites (tertiary alicyclic amines) is 1. The smallest absolute Gasteiger partial charge is 0.295 e. The molecule has 10 heteroatoms. The normalized spacial score (nSPS) is 17.4. The van der Waals surface area contributed by atoms with Crippen molar-refractivity contribution in [1.29, 1.82) is 0 Å². The summed E-state index contributed by atoms with van der Waals surface area (Å²) in [6.07, 6.45) is 0. The van der Waals surface area contributed by atoms with Gasteiger partial charge < -0.3 is 24.6 Å². The van der Waals surface area contributed by atoms with Crippen LogP contribution in [0.5, 0.6) is 5.75 Å². The molecule has 1 atom stereocenters. The van der Waals surface area contributed by atoms with Crippen molar-refractivity contribution in [2.24, 2.45) is 0 Å². The van der Waals surface area contributed by atoms with Crippen LogP contribution >= 0.6 is 0 Å². The van der Waals surface area contributed by atoms with Gasteiger partial charge in [0.15, 0.2) is 0 Å². The molecule has 0 aromatic heterocycles. The molecule has 0 spiro atoms. The van der Waals surface area contributed by atoms with Gasteiger partial charge in [0.1, 0.15) is 11.5 Å². The minimum absolute atomic E-state index is 0.0159. The van der Waals surface area contributed by atoms with Crippen LogP contribution in [0.15, 0.2) is 54.1 Å². The molecule has 0 radical (unpaired) electrons. The Hall–Kier alpha value is -3.76. The molecule has 33 heavy (non-hydrogen) atoms. The zero-order chi connectivity index (χ0) is 24.0. The summed E-state index contributed by atoms with van der Waals surface area (Å²) in [4.78, 5) is 37.7. The molecule has 174 valence electrons. The number of aliphatic hydroxyl groups excluding tert-OH is 2. The van der Waals surface area contributed by atoms with Crippen molar-refractivity contribution in [1.82, 2.24) is 4.90 Å². The molecule has 0 aliphatic carbocycles. The number of non-ortho nitro benzene ring substituents is 1. The first-order chi connectivity index (χ1) is 15.9. The van der Waals surface area contributed by atoms with Crippen LogP contribution in [0.3, 0.4) is 0 Å². The number of ether oxygens (including phenoxy) is 2. The van der Waals surface area contributed by atoms with Crippen molar-refractivity contribution in [3.8, 4) is 5.75 Å². The number of benzene rings is 2. The number of nitro groups is 1. The Morgan fingerprint density at radius 3 is 2.52 bits per heavy atom. The minimum Gasteiger partial charge on any atom is -0.507 e. The summed E-state index contributed by atoms with van der Waals surface area (Å²) in [7, 11) is 0. The van der Waals surface area contributed by atoms with Gasteiger partial charge >= 0.3 is 0 Å². The van der Waals surface area contributed by atoms with E-state index in [0.29, 0.717) is 23.5 Å². The number of carbonyl (C=O) groups is 2. The summed E-state index contributed by atoms with van der Waals surface area (Å²) in [5.41, 5.74) is 0.212. The largest absolute Gasteiger partial charge is 0.507 e. The molecule has 1 aliphatic rings. The average Bonchev–Trinajstić information content (AvgIpc) is 3.07. The Labute approximate surface area is 189 Å². The average molecular weight is 456 g/mol. The van der Waals surface area contributed by atoms with Crippen molar-refractivity contribution in [2.45, 2.75) is 13.0 Å². The molecule has 1 heterocycles. The van der Waals surface area contributed by atoms with Gasteiger partial charge in [0.05, 0.1) is 43.0 Å². The maximum atomic E-state index is 12.9. The number of carbonyl (C=O) groups excluding carboxylic acids is 2. The molecule has 10 nitrogen and oxygen atoms in total. The van der Waals surface area contributed by atoms with Gasteiger partial charge in [-0.3, -0.25) is 19.7 Å². The number of nitrogens with zero attached hydrogens (tertiary/aromatic N) is 2. The van der Waals surface area contributed by atoms with E-state index in [2.05, 4.69) is 0 Å². The van der Waals surface area contributed by atoms with E-state index in [1.807, 2.05) is 6.92 Å². The second-order valence-corrected chi connectivity index (χ2v) is 7.14. The van der Waals surface area contributed by atoms with Crippen LogP contribution < -0.4 is 4.74 Å². The van der Waals surface area contributed by atoms with E-state index < -0.39 is 28.4 Å². The van der Waals surface area contributed by atoms with Gasteiger partial charge in [0.25, 0.3) is 17.4 Å². The van der Waals surface area contributed by atoms with Crippen LogP contribution in [0, 0.1) is 10.1 Å². The Bertz CT molecular complexity index is 1060. The molecule has 1 saturated heterocycles. The molecule has 2 aromatic carbocycles. The Morgan fingerprint density at radius 1 is 1.15 bits per heavy atom. The molecular formula is C23H24N2O8. The zero-order valence-electron chi connectivity index (χ0n) is 18.0. The third-order valence-electron chi connectivity index (χ3n) is 5.09. The predicted octanol–water partition coefficient (Wildman–Crippen LogP) is 2.42. The van der Waals surface area contributed by atoms with Crippen LogP contribution in [0.1, 0.15) is 24.1 Å². The topological polar surface area (TPSA) is 139 Å². The standard InChI is InChI=1S/C23H24N2O8/c1-2-33-18-8-6-15(7-9-18)21(27)19-20(16-4-3-5-17(14-16)25(30)31)24(23(29)22(19)28)10-12-32-13-11-26/h3-9,14,20,26-27H,2,10-13H2,1H3/t20-/m1/s1. The Kier molecular flexibility index (Phi) is 7.75. The highest BCUT2D eigenvalue weighted by Gasteiger charge is 2.46. The van der Waals surface area contributed by atoms with Crippen LogP contribution in [-0.2, 0) is 14.3 Å². The molecule has 0 unspecified atom stereocenters. The first-order valence-corrected chi connectivity index (χ1v) is 10.3. The highest BCUT2D eigenvalue weighted by atomic mass is 16.6. The van der Waals surface area contributed by atoms with Crippen LogP contribution in [-0.4, -0.2) is 64.7 Å². The fourth-order valence-corrected chi connectivity index (χ4v) is 3.63. The molecule has 1 amide bonds. The lowest BCUT2D eigenvalue weighted by Crippen LogP contribution is -2.33. The molecule has 2 aromatic rings. The lowest BCUT2D eigenvalue weighted by Gasteiger charge is -2.25. The van der Waals surface area contributed by atoms with Gasteiger partial charge in [-0.1, -0.05) is 12.1 Å². The second-order valence-electron chi connectivity index (χ2n) is 7.14. The highest BCUT2D eigenvalue weighted by Crippen LogP contribution is 2.40. The predicted molar refractivity (Wildman–Crippen MR) is 118 cm³/mol. The Balaban J connectivity index is 2.08. The number of nitro benzene ring substituents is 1. The van der Waals surface area contributed by atoms with E-state index in [9.17, 15) is 24.8 Å². The monoisotopic (exact) mass is 456 g/mol. The summed E-state index contributed by atoms with van der Waals surface area (Å²) in [5, 5.41) is 31.2. The van der Waals surface area contributed by atoms with Crippen molar-refractivity contribution in [2.75, 3.05) is 33.0 Å². The lowest BCUT2D eigenvalue weighted by atomic mass is 9.95. The third-order valence-corrected chi connectivity index (χ3v) is 5.09. The molecular weight excluding hydrogens is 432 g/mol. The van der Waals surface area contributed by atoms with Gasteiger partial charge in [0.2, 0.25) is 0 Å². The molecule has 1 aliphatic heterocycles. The Morgan fingerprint density at radius 2 is 1.88 bits per heavy atom. The van der Waals surface area contributed by atoms with Crippen LogP contribution in [0.25, 0.3) is 5.76 Å². The van der Waals surface area contributed by atoms with Gasteiger partial charge in [-0.15, -0.1) is 0 Å². The van der Waals surface area contributed by atoms with Gasteiger partial charge in [0, 0.05) is 24.2 Å². The quantitative estimate of drug-likeness (QED) is 0.139. The number of amides is 1. The van der Waals surface area contributed by atoms with Crippen LogP contribution in [0.4, 0.5) is 5.69 Å². The van der Waals surface area contributed by atoms with Crippen molar-refractivity contribution in [3.63, 3.8) is 0 Å². The van der Waals surface area contributed by atoms with Crippen molar-refractivity contribution in [3.05, 3.63) is 75.3 Å². The summed E-state index contributed by atoms with van der Waals surface area (Å²) < 4.78 is 10.6. The van der Waals surface area contributed by atoms with Crippen molar-refractivity contribution < 1.29 is 34.2 Å². The lowest BCUT2D eigenvalue weighted by molar-refractivity contribution is -0.384. The maximum Gasteiger partial charge on any atom is 0.295 e. The van der Waals surface area contributed by atoms with E-state index in [1.54, 1.807) is 30.3 Å². The number of hydrogen-bond acceptors (Lipinski definition) is 8. The highest BCUT2D eigenvalue weighted by molar-refractivity contribution is 6.46. The first kappa shape index (κ1) is 23.9. The van der Waals surface area contributed by atoms with E-state index in [4.69, 9.17) is 14.6 Å². The van der Waals surface area contributed by atoms with E-state index in [1.165, 1.54) is 23.1 Å². The van der Waals surface area contributed by atoms with Gasteiger partial charge in [-0.2, -0.15) is 0 Å². The minimum atomic E-state index is -1.05. The fraction of sp³-hybridized carbons (Fsp3) is 0.304. The summed E-state index contributed by atoms with van der Waals surface area (Å²) in [6, 6.07) is 10.9. The van der Waals surface area contributed by atoms with Crippen molar-refractivity contribution >= 4 is 23.1 Å². The van der Waals surface area contributed by atoms with Gasteiger partial charge in [-0.05, 0) is 36.8 Å². The third kappa shape index (κ3) is 5.18. The number of ketones is 1. The number of hydrogen-bond donors (Lipinski definition) is 2. The first-order valence-electron chi connectivity index (χ1n) is 10.3. The second kappa shape index (κ2) is 10.7. The number of Topliss-reactive ketones (excluding diaryl/α,β-unsaturated/α-hetero) is 1. The fourth-order valence-electron chi connectivity index (χ4n) is 3.63. The molecule has 3 rings (SSSR count). The molecule has 1 fully saturated rings. The summed E-state index contributed by atoms with van der Waals surface area (Å²) >= 11 is 0. The number of aliphatic hydroxyl groups is 2. The summed E-state index contributed by atoms with van der Waals surface area (Å²) in [6.45, 7) is 2.16. The SMILES string of the molecule is CCOc1ccc(C(O)=C2C(=O)C(=O)N(CCOCCO)[C@@H]2c2cccc([N+](=O)[O-])c2)cc1. The molecule has 2 N–H and O–H groups in total. The van der Waals surface area contributed by atoms with Crippen LogP contribution in [0.2, 0.25) is 0 Å². The zero-order valence-corrected chi connectivity index (χ0v) is 18.0. The van der Waals surface area contributed by atoms with E-state index in [0.717, 1.165) is 0 Å². The molecule has 0 bridgehead atoms. The number of rotatable bonds is 10. The van der Waals surface area contributed by atoms with E-state index >= 15 is 0 Å².